The standard InChI is InChI=1S/C10H17N3O/c11-6-2-1-3-7-12-8-10(14)13-9-4-5-9/h9,12H,1-5,7-8H2,(H,13,14). The van der Waals surface area contributed by atoms with Gasteiger partial charge in [-0.2, -0.15) is 5.26 Å². The number of unbranched alkanes of at least 4 members (excludes halogenated alkanes) is 2. The van der Waals surface area contributed by atoms with Gasteiger partial charge in [0.2, 0.25) is 5.91 Å². The zero-order chi connectivity index (χ0) is 10.2. The third kappa shape index (κ3) is 5.55. The minimum atomic E-state index is 0.0905. The van der Waals surface area contributed by atoms with Crippen molar-refractivity contribution in [3.05, 3.63) is 0 Å². The van der Waals surface area contributed by atoms with Gasteiger partial charge in [-0.1, -0.05) is 0 Å². The van der Waals surface area contributed by atoms with Crippen molar-refractivity contribution >= 4 is 5.91 Å². The number of nitrogens with one attached hydrogen (secondary N) is 2. The summed E-state index contributed by atoms with van der Waals surface area (Å²) in [5.74, 6) is 0.0905. The average Bonchev–Trinajstić information content (AvgIpc) is 2.95. The summed E-state index contributed by atoms with van der Waals surface area (Å²) >= 11 is 0. The lowest BCUT2D eigenvalue weighted by Crippen LogP contribution is -2.35. The second kappa shape index (κ2) is 6.39. The van der Waals surface area contributed by atoms with Crippen LogP contribution in [0.5, 0.6) is 0 Å². The first-order valence-corrected chi connectivity index (χ1v) is 5.20. The van der Waals surface area contributed by atoms with Crippen molar-refractivity contribution in [1.82, 2.24) is 10.6 Å². The highest BCUT2D eigenvalue weighted by Crippen LogP contribution is 2.18. The molecule has 1 fully saturated rings. The summed E-state index contributed by atoms with van der Waals surface area (Å²) in [5.41, 5.74) is 0. The molecule has 4 heteroatoms. The first-order chi connectivity index (χ1) is 6.83. The topological polar surface area (TPSA) is 64.9 Å². The molecule has 1 aliphatic rings. The van der Waals surface area contributed by atoms with E-state index >= 15 is 0 Å². The van der Waals surface area contributed by atoms with E-state index in [1.807, 2.05) is 0 Å². The van der Waals surface area contributed by atoms with Crippen LogP contribution < -0.4 is 10.6 Å². The Balaban J connectivity index is 1.82. The van der Waals surface area contributed by atoms with Gasteiger partial charge >= 0.3 is 0 Å². The van der Waals surface area contributed by atoms with Crippen molar-refractivity contribution in [1.29, 1.82) is 5.26 Å². The number of amides is 1. The van der Waals surface area contributed by atoms with Crippen LogP contribution in [0.15, 0.2) is 0 Å². The molecule has 0 unspecified atom stereocenters. The molecular formula is C10H17N3O. The molecule has 0 radical (unpaired) electrons. The lowest BCUT2D eigenvalue weighted by Gasteiger charge is -2.04. The van der Waals surface area contributed by atoms with Gasteiger partial charge in [-0.05, 0) is 32.2 Å². The minimum absolute atomic E-state index is 0.0905. The molecule has 0 aromatic rings. The van der Waals surface area contributed by atoms with Gasteiger partial charge in [-0.25, -0.2) is 0 Å². The molecule has 1 saturated carbocycles. The van der Waals surface area contributed by atoms with Gasteiger partial charge in [-0.15, -0.1) is 0 Å². The second-order valence-corrected chi connectivity index (χ2v) is 3.63. The molecule has 1 rings (SSSR count). The van der Waals surface area contributed by atoms with Gasteiger partial charge in [0.05, 0.1) is 12.6 Å². The summed E-state index contributed by atoms with van der Waals surface area (Å²) in [4.78, 5) is 11.2. The largest absolute Gasteiger partial charge is 0.352 e. The van der Waals surface area contributed by atoms with E-state index in [-0.39, 0.29) is 5.91 Å². The minimum Gasteiger partial charge on any atom is -0.352 e. The quantitative estimate of drug-likeness (QED) is 0.583. The van der Waals surface area contributed by atoms with E-state index in [1.54, 1.807) is 0 Å². The SMILES string of the molecule is N#CCCCCNCC(=O)NC1CC1. The van der Waals surface area contributed by atoms with E-state index in [0.717, 1.165) is 32.2 Å². The molecule has 4 nitrogen and oxygen atoms in total. The number of nitrogens with zero attached hydrogens (tertiary/aromatic N) is 1. The van der Waals surface area contributed by atoms with Gasteiger partial charge < -0.3 is 10.6 Å². The lowest BCUT2D eigenvalue weighted by molar-refractivity contribution is -0.120. The van der Waals surface area contributed by atoms with Gasteiger partial charge in [-0.3, -0.25) is 4.79 Å². The van der Waals surface area contributed by atoms with Crippen LogP contribution in [0.3, 0.4) is 0 Å². The summed E-state index contributed by atoms with van der Waals surface area (Å²) in [6.45, 7) is 1.23. The van der Waals surface area contributed by atoms with Crippen LogP contribution in [-0.2, 0) is 4.79 Å². The Bertz CT molecular complexity index is 218. The average molecular weight is 195 g/mol. The van der Waals surface area contributed by atoms with Crippen LogP contribution in [0.1, 0.15) is 32.1 Å². The lowest BCUT2D eigenvalue weighted by atomic mass is 10.2. The van der Waals surface area contributed by atoms with Crippen LogP contribution in [0, 0.1) is 11.3 Å². The predicted octanol–water partition coefficient (Wildman–Crippen LogP) is 0.548. The molecule has 0 spiro atoms. The number of rotatable bonds is 7. The van der Waals surface area contributed by atoms with E-state index in [2.05, 4.69) is 16.7 Å². The Labute approximate surface area is 84.7 Å². The molecule has 0 aliphatic heterocycles. The summed E-state index contributed by atoms with van der Waals surface area (Å²) < 4.78 is 0. The number of hydrogen-bond acceptors (Lipinski definition) is 3. The molecule has 78 valence electrons. The molecule has 0 atom stereocenters. The summed E-state index contributed by atoms with van der Waals surface area (Å²) in [7, 11) is 0. The molecule has 0 bridgehead atoms. The normalized spacial score (nSPS) is 14.8. The number of hydrogen-bond donors (Lipinski definition) is 2. The fourth-order valence-corrected chi connectivity index (χ4v) is 1.16. The summed E-state index contributed by atoms with van der Waals surface area (Å²) in [6, 6.07) is 2.54. The van der Waals surface area contributed by atoms with E-state index in [1.165, 1.54) is 0 Å². The van der Waals surface area contributed by atoms with E-state index in [9.17, 15) is 4.79 Å². The van der Waals surface area contributed by atoms with E-state index in [4.69, 9.17) is 5.26 Å². The monoisotopic (exact) mass is 195 g/mol. The highest BCUT2D eigenvalue weighted by atomic mass is 16.2. The molecule has 0 saturated heterocycles. The van der Waals surface area contributed by atoms with Crippen LogP contribution in [-0.4, -0.2) is 25.0 Å². The maximum absolute atomic E-state index is 11.2. The number of carbonyl (C=O) groups is 1. The van der Waals surface area contributed by atoms with Crippen LogP contribution in [0.4, 0.5) is 0 Å². The third-order valence-electron chi connectivity index (χ3n) is 2.12. The molecule has 1 aliphatic carbocycles. The van der Waals surface area contributed by atoms with Crippen molar-refractivity contribution in [2.24, 2.45) is 0 Å². The highest BCUT2D eigenvalue weighted by Gasteiger charge is 2.22. The van der Waals surface area contributed by atoms with Crippen LogP contribution in [0.2, 0.25) is 0 Å². The number of nitriles is 1. The predicted molar refractivity (Wildman–Crippen MR) is 53.5 cm³/mol. The smallest absolute Gasteiger partial charge is 0.234 e. The Morgan fingerprint density at radius 2 is 2.21 bits per heavy atom. The van der Waals surface area contributed by atoms with Crippen molar-refractivity contribution in [2.45, 2.75) is 38.1 Å². The Kier molecular flexibility index (Phi) is 5.02. The van der Waals surface area contributed by atoms with Crippen LogP contribution >= 0.6 is 0 Å². The molecule has 0 aromatic carbocycles. The molecule has 14 heavy (non-hydrogen) atoms. The Morgan fingerprint density at radius 1 is 1.43 bits per heavy atom. The molecule has 2 N–H and O–H groups in total. The van der Waals surface area contributed by atoms with Gasteiger partial charge in [0, 0.05) is 12.5 Å². The third-order valence-corrected chi connectivity index (χ3v) is 2.12. The van der Waals surface area contributed by atoms with Crippen molar-refractivity contribution in [2.75, 3.05) is 13.1 Å². The maximum Gasteiger partial charge on any atom is 0.234 e. The molecule has 0 heterocycles. The second-order valence-electron chi connectivity index (χ2n) is 3.63. The zero-order valence-electron chi connectivity index (χ0n) is 8.38. The summed E-state index contributed by atoms with van der Waals surface area (Å²) in [5, 5.41) is 14.2. The first-order valence-electron chi connectivity index (χ1n) is 5.20. The maximum atomic E-state index is 11.2. The van der Waals surface area contributed by atoms with E-state index in [0.29, 0.717) is 19.0 Å². The van der Waals surface area contributed by atoms with Gasteiger partial charge in [0.1, 0.15) is 0 Å². The Morgan fingerprint density at radius 3 is 2.86 bits per heavy atom. The molecule has 1 amide bonds. The van der Waals surface area contributed by atoms with E-state index < -0.39 is 0 Å². The zero-order valence-corrected chi connectivity index (χ0v) is 8.38. The van der Waals surface area contributed by atoms with Crippen molar-refractivity contribution in [3.63, 3.8) is 0 Å². The fourth-order valence-electron chi connectivity index (χ4n) is 1.16. The number of carbonyl (C=O) groups excluding carboxylic acids is 1. The summed E-state index contributed by atoms with van der Waals surface area (Å²) in [6.07, 6.45) is 4.75. The molecule has 0 aromatic heterocycles. The van der Waals surface area contributed by atoms with Crippen LogP contribution in [0.25, 0.3) is 0 Å². The van der Waals surface area contributed by atoms with Crippen molar-refractivity contribution in [3.8, 4) is 6.07 Å². The van der Waals surface area contributed by atoms with Gasteiger partial charge in [0.25, 0.3) is 0 Å². The van der Waals surface area contributed by atoms with Gasteiger partial charge in [0.15, 0.2) is 0 Å². The fraction of sp³-hybridized carbons (Fsp3) is 0.800. The molecular weight excluding hydrogens is 178 g/mol. The Hall–Kier alpha value is -1.08. The first kappa shape index (κ1) is 11.0. The van der Waals surface area contributed by atoms with Crippen molar-refractivity contribution < 1.29 is 4.79 Å². The highest BCUT2D eigenvalue weighted by molar-refractivity contribution is 5.78.